The molecule has 1 saturated heterocycles. The third-order valence-electron chi connectivity index (χ3n) is 3.43. The van der Waals surface area contributed by atoms with E-state index in [-0.39, 0.29) is 24.2 Å². The van der Waals surface area contributed by atoms with E-state index in [1.807, 2.05) is 0 Å². The molecule has 11 heteroatoms. The van der Waals surface area contributed by atoms with Crippen LogP contribution in [0.4, 0.5) is 26.3 Å². The molecule has 0 atom stereocenters. The zero-order chi connectivity index (χ0) is 17.8. The van der Waals surface area contributed by atoms with Crippen LogP contribution in [0.25, 0.3) is 11.0 Å². The number of nitriles is 1. The number of aromatic nitrogens is 2. The van der Waals surface area contributed by atoms with Crippen LogP contribution in [0.1, 0.15) is 17.0 Å². The van der Waals surface area contributed by atoms with Crippen molar-refractivity contribution in [1.29, 1.82) is 5.26 Å². The number of nitrogens with zero attached hydrogens (tertiary/aromatic N) is 2. The first-order chi connectivity index (χ1) is 11.1. The second-order valence-electron chi connectivity index (χ2n) is 4.92. The molecule has 1 aliphatic rings. The van der Waals surface area contributed by atoms with Gasteiger partial charge in [-0.25, -0.2) is 4.98 Å². The minimum absolute atomic E-state index is 0.239. The third kappa shape index (κ3) is 2.38. The number of rotatable bonds is 1. The summed E-state index contributed by atoms with van der Waals surface area (Å²) in [7, 11) is 0. The molecule has 1 aromatic heterocycles. The van der Waals surface area contributed by atoms with Crippen molar-refractivity contribution in [3.8, 4) is 6.07 Å². The molecule has 0 spiro atoms. The maximum absolute atomic E-state index is 13.3. The first-order valence-corrected chi connectivity index (χ1v) is 6.45. The van der Waals surface area contributed by atoms with Crippen molar-refractivity contribution >= 4 is 11.0 Å². The van der Waals surface area contributed by atoms with Crippen LogP contribution in [-0.2, 0) is 21.4 Å². The van der Waals surface area contributed by atoms with Crippen LogP contribution in [0.15, 0.2) is 12.1 Å². The second kappa shape index (κ2) is 5.09. The molecule has 0 unspecified atom stereocenters. The molecule has 0 aliphatic carbocycles. The Bertz CT molecular complexity index is 827. The molecule has 5 nitrogen and oxygen atoms in total. The van der Waals surface area contributed by atoms with Crippen molar-refractivity contribution in [2.75, 3.05) is 13.2 Å². The van der Waals surface area contributed by atoms with Crippen LogP contribution in [0.3, 0.4) is 0 Å². The predicted molar refractivity (Wildman–Crippen MR) is 65.4 cm³/mol. The van der Waals surface area contributed by atoms with Crippen LogP contribution in [-0.4, -0.2) is 29.4 Å². The number of hydrogen-bond donors (Lipinski definition) is 1. The van der Waals surface area contributed by atoms with Crippen molar-refractivity contribution in [2.24, 2.45) is 0 Å². The molecule has 24 heavy (non-hydrogen) atoms. The first kappa shape index (κ1) is 16.5. The molecule has 1 aromatic carbocycles. The van der Waals surface area contributed by atoms with E-state index in [2.05, 4.69) is 19.4 Å². The highest BCUT2D eigenvalue weighted by Crippen LogP contribution is 2.45. The number of fused-ring (bicyclic) bond motifs is 1. The van der Waals surface area contributed by atoms with Gasteiger partial charge in [0.05, 0.1) is 41.4 Å². The molecule has 0 saturated carbocycles. The van der Waals surface area contributed by atoms with Gasteiger partial charge in [0.15, 0.2) is 5.82 Å². The van der Waals surface area contributed by atoms with E-state index in [1.165, 1.54) is 6.07 Å². The Morgan fingerprint density at radius 3 is 2.25 bits per heavy atom. The van der Waals surface area contributed by atoms with Gasteiger partial charge in [0.2, 0.25) is 0 Å². The van der Waals surface area contributed by atoms with Gasteiger partial charge in [-0.05, 0) is 12.1 Å². The summed E-state index contributed by atoms with van der Waals surface area (Å²) >= 11 is 0. The predicted octanol–water partition coefficient (Wildman–Crippen LogP) is 3.22. The van der Waals surface area contributed by atoms with E-state index in [1.54, 1.807) is 0 Å². The molecule has 3 rings (SSSR count). The SMILES string of the molecule is N#Cc1cc2nc(C3(C(F)(F)F)OCCO3)[nH]c2cc1C(F)(F)F. The smallest absolute Gasteiger partial charge is 0.337 e. The highest BCUT2D eigenvalue weighted by atomic mass is 19.4. The van der Waals surface area contributed by atoms with Gasteiger partial charge >= 0.3 is 18.1 Å². The maximum Gasteiger partial charge on any atom is 0.451 e. The largest absolute Gasteiger partial charge is 0.451 e. The average Bonchev–Trinajstić information content (AvgIpc) is 3.10. The van der Waals surface area contributed by atoms with Gasteiger partial charge in [-0.3, -0.25) is 0 Å². The van der Waals surface area contributed by atoms with Crippen molar-refractivity contribution in [3.05, 3.63) is 29.1 Å². The zero-order valence-corrected chi connectivity index (χ0v) is 11.5. The van der Waals surface area contributed by atoms with Crippen LogP contribution < -0.4 is 0 Å². The Balaban J connectivity index is 2.21. The molecule has 0 bridgehead atoms. The van der Waals surface area contributed by atoms with E-state index < -0.39 is 35.1 Å². The van der Waals surface area contributed by atoms with Gasteiger partial charge < -0.3 is 14.5 Å². The van der Waals surface area contributed by atoms with Crippen LogP contribution >= 0.6 is 0 Å². The van der Waals surface area contributed by atoms with Crippen LogP contribution in [0.2, 0.25) is 0 Å². The van der Waals surface area contributed by atoms with Crippen LogP contribution in [0.5, 0.6) is 0 Å². The number of nitrogens with one attached hydrogen (secondary N) is 1. The zero-order valence-electron chi connectivity index (χ0n) is 11.5. The molecule has 128 valence electrons. The minimum Gasteiger partial charge on any atom is -0.337 e. The maximum atomic E-state index is 13.3. The molecule has 1 N–H and O–H groups in total. The Labute approximate surface area is 129 Å². The fourth-order valence-electron chi connectivity index (χ4n) is 2.39. The Morgan fingerprint density at radius 1 is 1.12 bits per heavy atom. The second-order valence-corrected chi connectivity index (χ2v) is 4.92. The lowest BCUT2D eigenvalue weighted by Crippen LogP contribution is -2.44. The van der Waals surface area contributed by atoms with Gasteiger partial charge in [-0.2, -0.15) is 31.6 Å². The van der Waals surface area contributed by atoms with E-state index in [4.69, 9.17) is 5.26 Å². The molecular weight excluding hydrogens is 344 g/mol. The Kier molecular flexibility index (Phi) is 3.50. The summed E-state index contributed by atoms with van der Waals surface area (Å²) in [5.41, 5.74) is -2.58. The lowest BCUT2D eigenvalue weighted by Gasteiger charge is -2.27. The molecular formula is C13H7F6N3O2. The third-order valence-corrected chi connectivity index (χ3v) is 3.43. The normalized spacial score (nSPS) is 18.0. The number of benzene rings is 1. The van der Waals surface area contributed by atoms with Gasteiger partial charge in [0.25, 0.3) is 0 Å². The fraction of sp³-hybridized carbons (Fsp3) is 0.385. The van der Waals surface area contributed by atoms with Crippen molar-refractivity contribution in [2.45, 2.75) is 18.1 Å². The molecule has 0 amide bonds. The summed E-state index contributed by atoms with van der Waals surface area (Å²) in [6.45, 7) is -0.707. The van der Waals surface area contributed by atoms with Crippen molar-refractivity contribution in [1.82, 2.24) is 9.97 Å². The summed E-state index contributed by atoms with van der Waals surface area (Å²) in [5.74, 6) is -4.00. The number of imidazole rings is 1. The van der Waals surface area contributed by atoms with E-state index >= 15 is 0 Å². The van der Waals surface area contributed by atoms with Gasteiger partial charge in [0.1, 0.15) is 0 Å². The standard InChI is InChI=1S/C13H7F6N3O2/c14-12(15,16)7-4-9-8(3-6(7)5-20)21-10(22-9)11(13(17,18)19)23-1-2-24-11/h3-4H,1-2H2,(H,21,22). The number of halogens is 6. The van der Waals surface area contributed by atoms with E-state index in [0.717, 1.165) is 6.07 Å². The molecule has 1 aliphatic heterocycles. The molecule has 2 aromatic rings. The number of H-pyrrole nitrogens is 1. The lowest BCUT2D eigenvalue weighted by molar-refractivity contribution is -0.355. The van der Waals surface area contributed by atoms with E-state index in [0.29, 0.717) is 6.07 Å². The first-order valence-electron chi connectivity index (χ1n) is 6.45. The highest BCUT2D eigenvalue weighted by molar-refractivity contribution is 5.78. The average molecular weight is 351 g/mol. The van der Waals surface area contributed by atoms with Gasteiger partial charge in [0, 0.05) is 0 Å². The monoisotopic (exact) mass is 351 g/mol. The van der Waals surface area contributed by atoms with Crippen molar-refractivity contribution < 1.29 is 35.8 Å². The summed E-state index contributed by atoms with van der Waals surface area (Å²) in [4.78, 5) is 5.78. The van der Waals surface area contributed by atoms with Crippen molar-refractivity contribution in [3.63, 3.8) is 0 Å². The summed E-state index contributed by atoms with van der Waals surface area (Å²) in [5, 5.41) is 8.82. The topological polar surface area (TPSA) is 70.9 Å². The van der Waals surface area contributed by atoms with Gasteiger partial charge in [-0.15, -0.1) is 0 Å². The molecule has 2 heterocycles. The minimum atomic E-state index is -5.00. The van der Waals surface area contributed by atoms with Crippen LogP contribution in [0, 0.1) is 11.3 Å². The van der Waals surface area contributed by atoms with Gasteiger partial charge in [-0.1, -0.05) is 0 Å². The summed E-state index contributed by atoms with van der Waals surface area (Å²) in [6, 6.07) is 2.65. The number of aromatic amines is 1. The summed E-state index contributed by atoms with van der Waals surface area (Å²) in [6.07, 6.45) is -9.84. The lowest BCUT2D eigenvalue weighted by atomic mass is 10.1. The highest BCUT2D eigenvalue weighted by Gasteiger charge is 2.63. The molecule has 0 radical (unpaired) electrons. The Hall–Kier alpha value is -2.32. The summed E-state index contributed by atoms with van der Waals surface area (Å²) < 4.78 is 88.0. The number of hydrogen-bond acceptors (Lipinski definition) is 4. The number of alkyl halides is 6. The molecule has 1 fully saturated rings. The van der Waals surface area contributed by atoms with E-state index in [9.17, 15) is 26.3 Å². The number of ether oxygens (including phenoxy) is 2. The fourth-order valence-corrected chi connectivity index (χ4v) is 2.39. The Morgan fingerprint density at radius 2 is 1.75 bits per heavy atom. The quantitative estimate of drug-likeness (QED) is 0.801.